The van der Waals surface area contributed by atoms with Crippen LogP contribution in [0.5, 0.6) is 5.75 Å². The molecule has 1 saturated carbocycles. The average Bonchev–Trinajstić information content (AvgIpc) is 3.37. The van der Waals surface area contributed by atoms with Gasteiger partial charge in [0.05, 0.1) is 32.2 Å². The second kappa shape index (κ2) is 10.6. The lowest BCUT2D eigenvalue weighted by Crippen LogP contribution is -2.33. The number of nitrogens with zero attached hydrogens (tertiary/aromatic N) is 4. The number of aliphatic hydroxyl groups excluding tert-OH is 1. The van der Waals surface area contributed by atoms with E-state index in [2.05, 4.69) is 26.6 Å². The predicted octanol–water partition coefficient (Wildman–Crippen LogP) is 2.31. The van der Waals surface area contributed by atoms with Crippen molar-refractivity contribution in [3.05, 3.63) is 55.1 Å². The number of alkyl halides is 1. The van der Waals surface area contributed by atoms with Gasteiger partial charge in [-0.2, -0.15) is 0 Å². The monoisotopic (exact) mass is 504 g/mol. The Labute approximate surface area is 202 Å². The summed E-state index contributed by atoms with van der Waals surface area (Å²) in [6.45, 7) is 5.53. The summed E-state index contributed by atoms with van der Waals surface area (Å²) in [5.41, 5.74) is 6.92. The molecule has 3 aromatic rings. The van der Waals surface area contributed by atoms with Crippen LogP contribution in [0.15, 0.2) is 55.1 Å². The molecule has 5 unspecified atom stereocenters. The number of aromatic nitrogens is 4. The lowest BCUT2D eigenvalue weighted by molar-refractivity contribution is -0.142. The number of carbonyl (C=O) groups is 1. The van der Waals surface area contributed by atoms with Gasteiger partial charge in [0, 0.05) is 5.92 Å². The molecule has 35 heavy (non-hydrogen) atoms. The van der Waals surface area contributed by atoms with Crippen molar-refractivity contribution in [1.82, 2.24) is 24.6 Å². The van der Waals surface area contributed by atoms with Crippen molar-refractivity contribution in [3.8, 4) is 5.75 Å². The summed E-state index contributed by atoms with van der Waals surface area (Å²) in [6, 6.07) is 7.23. The highest BCUT2D eigenvalue weighted by molar-refractivity contribution is 7.45. The number of imidazole rings is 1. The minimum Gasteiger partial charge on any atom is -0.468 e. The maximum Gasteiger partial charge on any atom is 0.323 e. The second-order valence-corrected chi connectivity index (χ2v) is 9.19. The molecule has 1 fully saturated rings. The lowest BCUT2D eigenvalue weighted by atomic mass is 10.0. The molecule has 1 aliphatic carbocycles. The van der Waals surface area contributed by atoms with Crippen LogP contribution in [0, 0.1) is 5.92 Å². The third kappa shape index (κ3) is 5.10. The van der Waals surface area contributed by atoms with E-state index < -0.39 is 44.8 Å². The first-order valence-corrected chi connectivity index (χ1v) is 11.9. The Hall–Kier alpha value is -3.18. The molecular formula is C22H26FN6O5P. The molecule has 4 N–H and O–H groups in total. The number of halogens is 1. The fraction of sp³-hybridized carbons (Fsp3) is 0.364. The molecule has 0 radical (unpaired) electrons. The zero-order valence-electron chi connectivity index (χ0n) is 19.1. The van der Waals surface area contributed by atoms with Gasteiger partial charge >= 0.3 is 14.5 Å². The van der Waals surface area contributed by atoms with E-state index >= 15 is 4.39 Å². The van der Waals surface area contributed by atoms with Crippen LogP contribution in [0.25, 0.3) is 11.2 Å². The molecule has 2 heterocycles. The fourth-order valence-corrected chi connectivity index (χ4v) is 5.08. The number of nitrogens with two attached hydrogens (primary N) is 1. The molecular weight excluding hydrogens is 478 g/mol. The minimum absolute atomic E-state index is 0.111. The number of esters is 1. The summed E-state index contributed by atoms with van der Waals surface area (Å²) in [5, 5.41) is 13.6. The van der Waals surface area contributed by atoms with Crippen LogP contribution >= 0.6 is 8.53 Å². The number of nitrogens with one attached hydrogen (secondary N) is 1. The van der Waals surface area contributed by atoms with E-state index in [1.165, 1.54) is 24.3 Å². The summed E-state index contributed by atoms with van der Waals surface area (Å²) in [5.74, 6) is -0.577. The van der Waals surface area contributed by atoms with Crippen LogP contribution in [-0.2, 0) is 14.1 Å². The number of aliphatic hydroxyl groups is 1. The van der Waals surface area contributed by atoms with Crippen LogP contribution in [0.1, 0.15) is 13.0 Å². The van der Waals surface area contributed by atoms with Crippen molar-refractivity contribution < 1.29 is 28.1 Å². The molecule has 0 saturated heterocycles. The van der Waals surface area contributed by atoms with Crippen molar-refractivity contribution in [1.29, 1.82) is 0 Å². The molecule has 0 aliphatic heterocycles. The zero-order chi connectivity index (χ0) is 25.1. The molecule has 1 aliphatic rings. The molecule has 13 heteroatoms. The maximum absolute atomic E-state index is 15.3. The summed E-state index contributed by atoms with van der Waals surface area (Å²) in [6.07, 6.45) is -0.414. The third-order valence-corrected chi connectivity index (χ3v) is 7.10. The molecule has 0 bridgehead atoms. The van der Waals surface area contributed by atoms with Crippen LogP contribution in [0.2, 0.25) is 0 Å². The first-order chi connectivity index (χ1) is 16.8. The number of anilines is 1. The molecule has 186 valence electrons. The number of fused-ring (bicyclic) bond motifs is 1. The summed E-state index contributed by atoms with van der Waals surface area (Å²) in [7, 11) is -0.579. The van der Waals surface area contributed by atoms with Gasteiger partial charge in [-0.15, -0.1) is 0 Å². The van der Waals surface area contributed by atoms with E-state index in [9.17, 15) is 9.90 Å². The van der Waals surface area contributed by atoms with Crippen LogP contribution in [-0.4, -0.2) is 62.6 Å². The molecule has 0 spiro atoms. The van der Waals surface area contributed by atoms with Gasteiger partial charge in [-0.25, -0.2) is 24.4 Å². The van der Waals surface area contributed by atoms with Gasteiger partial charge in [0.25, 0.3) is 0 Å². The summed E-state index contributed by atoms with van der Waals surface area (Å²) in [4.78, 5) is 24.1. The van der Waals surface area contributed by atoms with E-state index in [4.69, 9.17) is 19.5 Å². The highest BCUT2D eigenvalue weighted by Crippen LogP contribution is 2.45. The Morgan fingerprint density at radius 1 is 1.34 bits per heavy atom. The number of hydrogen-bond donors (Lipinski definition) is 3. The normalized spacial score (nSPS) is 23.8. The quantitative estimate of drug-likeness (QED) is 0.225. The molecule has 0 amide bonds. The number of methoxy groups -OCH3 is 1. The van der Waals surface area contributed by atoms with Gasteiger partial charge in [-0.3, -0.25) is 4.79 Å². The number of nitrogen functional groups attached to an aromatic ring is 1. The summed E-state index contributed by atoms with van der Waals surface area (Å²) >= 11 is 0. The predicted molar refractivity (Wildman–Crippen MR) is 127 cm³/mol. The number of ether oxygens (including phenoxy) is 1. The highest BCUT2D eigenvalue weighted by atomic mass is 31.2. The lowest BCUT2D eigenvalue weighted by Gasteiger charge is -2.24. The number of benzene rings is 1. The first kappa shape index (κ1) is 24.9. The third-order valence-electron chi connectivity index (χ3n) is 5.74. The zero-order valence-corrected chi connectivity index (χ0v) is 20.0. The maximum atomic E-state index is 15.3. The number of rotatable bonds is 9. The van der Waals surface area contributed by atoms with Crippen LogP contribution in [0.3, 0.4) is 0 Å². The van der Waals surface area contributed by atoms with Gasteiger partial charge in [-0.05, 0) is 24.6 Å². The number of hydrogen-bond acceptors (Lipinski definition) is 10. The van der Waals surface area contributed by atoms with Gasteiger partial charge in [-0.1, -0.05) is 24.8 Å². The summed E-state index contributed by atoms with van der Waals surface area (Å²) < 4.78 is 33.4. The Kier molecular flexibility index (Phi) is 7.56. The van der Waals surface area contributed by atoms with Gasteiger partial charge in [0.1, 0.15) is 23.6 Å². The molecule has 1 aromatic carbocycles. The largest absolute Gasteiger partial charge is 0.468 e. The molecule has 4 rings (SSSR count). The number of para-hydroxylation sites is 1. The molecule has 6 atom stereocenters. The van der Waals surface area contributed by atoms with Gasteiger partial charge in [0.15, 0.2) is 17.6 Å². The molecule has 11 nitrogen and oxygen atoms in total. The Morgan fingerprint density at radius 3 is 2.80 bits per heavy atom. The van der Waals surface area contributed by atoms with Gasteiger partial charge < -0.3 is 29.2 Å². The Balaban J connectivity index is 1.51. The van der Waals surface area contributed by atoms with E-state index in [-0.39, 0.29) is 12.4 Å². The van der Waals surface area contributed by atoms with Crippen molar-refractivity contribution in [3.63, 3.8) is 0 Å². The second-order valence-electron chi connectivity index (χ2n) is 7.98. The van der Waals surface area contributed by atoms with Crippen LogP contribution < -0.4 is 15.3 Å². The fourth-order valence-electron chi connectivity index (χ4n) is 3.87. The van der Waals surface area contributed by atoms with Gasteiger partial charge in [0.2, 0.25) is 0 Å². The van der Waals surface area contributed by atoms with Crippen molar-refractivity contribution in [2.24, 2.45) is 5.92 Å². The standard InChI is InChI=1S/C22H26FN6O5P/c1-12-15(9-33-35(28-13(2)22(31)32-3)34-14-7-5-4-6-8-14)19(30)16(23)18(12)29-11-27-17-20(24)25-10-26-21(17)29/h4-8,10-11,13,15-16,18-19,28,30H,1,9H2,2-3H3,(H2,24,25,26)/t13-,15?,16?,18?,19?,35?/m1/s1. The first-order valence-electron chi connectivity index (χ1n) is 10.8. The Bertz CT molecular complexity index is 1200. The van der Waals surface area contributed by atoms with Crippen molar-refractivity contribution in [2.75, 3.05) is 19.5 Å². The van der Waals surface area contributed by atoms with Crippen LogP contribution in [0.4, 0.5) is 10.2 Å². The Morgan fingerprint density at radius 2 is 2.09 bits per heavy atom. The van der Waals surface area contributed by atoms with E-state index in [0.717, 1.165) is 0 Å². The van der Waals surface area contributed by atoms with E-state index in [1.807, 2.05) is 6.07 Å². The smallest absolute Gasteiger partial charge is 0.323 e. The van der Waals surface area contributed by atoms with E-state index in [1.54, 1.807) is 31.2 Å². The minimum atomic E-state index is -1.86. The highest BCUT2D eigenvalue weighted by Gasteiger charge is 2.48. The SMILES string of the molecule is C=C1C(COP(N[C@H](C)C(=O)OC)Oc2ccccc2)C(O)C(F)C1n1cnc2c(N)ncnc21. The van der Waals surface area contributed by atoms with Crippen molar-refractivity contribution in [2.45, 2.75) is 31.3 Å². The topological polar surface area (TPSA) is 147 Å². The molecule has 2 aromatic heterocycles. The van der Waals surface area contributed by atoms with E-state index in [0.29, 0.717) is 22.5 Å². The average molecular weight is 504 g/mol. The number of carbonyl (C=O) groups excluding carboxylic acids is 1. The van der Waals surface area contributed by atoms with Crippen molar-refractivity contribution >= 4 is 31.5 Å².